The van der Waals surface area contributed by atoms with Crippen LogP contribution in [0.5, 0.6) is 0 Å². The molecular formula is C23H28Cl3N3O4S. The van der Waals surface area contributed by atoms with E-state index >= 15 is 0 Å². The van der Waals surface area contributed by atoms with Gasteiger partial charge >= 0.3 is 0 Å². The summed E-state index contributed by atoms with van der Waals surface area (Å²) in [7, 11) is -2.17. The molecule has 7 nitrogen and oxygen atoms in total. The van der Waals surface area contributed by atoms with Gasteiger partial charge in [-0.2, -0.15) is 0 Å². The highest BCUT2D eigenvalue weighted by Crippen LogP contribution is 2.31. The molecule has 2 rings (SSSR count). The molecule has 34 heavy (non-hydrogen) atoms. The van der Waals surface area contributed by atoms with E-state index in [1.807, 2.05) is 13.0 Å². The first-order valence-electron chi connectivity index (χ1n) is 10.7. The smallest absolute Gasteiger partial charge is 0.242 e. The molecule has 0 heterocycles. The van der Waals surface area contributed by atoms with E-state index in [-0.39, 0.29) is 48.5 Å². The molecule has 2 aromatic rings. The van der Waals surface area contributed by atoms with E-state index in [2.05, 4.69) is 5.32 Å². The lowest BCUT2D eigenvalue weighted by Gasteiger charge is -2.31. The van der Waals surface area contributed by atoms with Crippen LogP contribution in [0.1, 0.15) is 31.7 Å². The van der Waals surface area contributed by atoms with E-state index in [1.165, 1.54) is 24.1 Å². The summed E-state index contributed by atoms with van der Waals surface area (Å²) < 4.78 is 26.0. The van der Waals surface area contributed by atoms with Gasteiger partial charge in [0, 0.05) is 36.6 Å². The van der Waals surface area contributed by atoms with Crippen LogP contribution in [0, 0.1) is 0 Å². The van der Waals surface area contributed by atoms with Crippen molar-refractivity contribution >= 4 is 62.3 Å². The number of likely N-dealkylation sites (N-methyl/N-ethyl adjacent to an activating group) is 1. The zero-order valence-corrected chi connectivity index (χ0v) is 22.3. The minimum atomic E-state index is -3.68. The molecular weight excluding hydrogens is 521 g/mol. The van der Waals surface area contributed by atoms with Crippen LogP contribution in [-0.2, 0) is 26.2 Å². The Kier molecular flexibility index (Phi) is 10.5. The first kappa shape index (κ1) is 28.2. The van der Waals surface area contributed by atoms with Crippen molar-refractivity contribution in [2.45, 2.75) is 38.8 Å². The second-order valence-electron chi connectivity index (χ2n) is 7.69. The minimum absolute atomic E-state index is 0.0152. The van der Waals surface area contributed by atoms with E-state index < -0.39 is 16.1 Å². The van der Waals surface area contributed by atoms with Crippen molar-refractivity contribution in [3.05, 3.63) is 63.1 Å². The largest absolute Gasteiger partial charge is 0.357 e. The van der Waals surface area contributed by atoms with Crippen LogP contribution in [0.2, 0.25) is 15.1 Å². The Balaban J connectivity index is 2.24. The second kappa shape index (κ2) is 12.6. The number of anilines is 1. The Morgan fingerprint density at radius 3 is 2.32 bits per heavy atom. The molecule has 0 aliphatic rings. The summed E-state index contributed by atoms with van der Waals surface area (Å²) in [5, 5.41) is 3.66. The maximum atomic E-state index is 13.3. The van der Waals surface area contributed by atoms with Crippen molar-refractivity contribution in [1.82, 2.24) is 10.2 Å². The summed E-state index contributed by atoms with van der Waals surface area (Å²) >= 11 is 18.5. The topological polar surface area (TPSA) is 86.8 Å². The molecule has 0 radical (unpaired) electrons. The van der Waals surface area contributed by atoms with Gasteiger partial charge in [0.1, 0.15) is 6.04 Å². The van der Waals surface area contributed by atoms with Gasteiger partial charge in [-0.05, 0) is 42.7 Å². The molecule has 0 unspecified atom stereocenters. The number of halogens is 3. The quantitative estimate of drug-likeness (QED) is 0.439. The number of hydrogen-bond acceptors (Lipinski definition) is 4. The van der Waals surface area contributed by atoms with Gasteiger partial charge in [0.2, 0.25) is 21.8 Å². The zero-order chi connectivity index (χ0) is 25.5. The van der Waals surface area contributed by atoms with E-state index in [9.17, 15) is 18.0 Å². The van der Waals surface area contributed by atoms with E-state index in [0.717, 1.165) is 10.6 Å². The summed E-state index contributed by atoms with van der Waals surface area (Å²) in [6.45, 7) is 1.99. The first-order chi connectivity index (χ1) is 16.0. The molecule has 0 spiro atoms. The van der Waals surface area contributed by atoms with Crippen molar-refractivity contribution in [2.75, 3.05) is 24.2 Å². The number of carbonyl (C=O) groups excluding carboxylic acids is 2. The number of nitrogens with zero attached hydrogens (tertiary/aromatic N) is 2. The fourth-order valence-corrected chi connectivity index (χ4v) is 5.16. The third-order valence-electron chi connectivity index (χ3n) is 5.26. The zero-order valence-electron chi connectivity index (χ0n) is 19.2. The monoisotopic (exact) mass is 547 g/mol. The molecule has 2 amide bonds. The maximum Gasteiger partial charge on any atom is 0.242 e. The van der Waals surface area contributed by atoms with Crippen LogP contribution in [0.25, 0.3) is 0 Å². The van der Waals surface area contributed by atoms with Crippen molar-refractivity contribution in [1.29, 1.82) is 0 Å². The van der Waals surface area contributed by atoms with Crippen LogP contribution in [0.3, 0.4) is 0 Å². The van der Waals surface area contributed by atoms with Gasteiger partial charge in [-0.1, -0.05) is 59.9 Å². The Labute approximate surface area is 216 Å². The molecule has 186 valence electrons. The summed E-state index contributed by atoms with van der Waals surface area (Å²) in [4.78, 5) is 27.2. The van der Waals surface area contributed by atoms with Crippen LogP contribution in [0.15, 0.2) is 42.5 Å². The Bertz CT molecular complexity index is 1130. The maximum absolute atomic E-state index is 13.3. The van der Waals surface area contributed by atoms with Gasteiger partial charge in [0.25, 0.3) is 0 Å². The molecule has 0 saturated carbocycles. The first-order valence-corrected chi connectivity index (χ1v) is 13.6. The summed E-state index contributed by atoms with van der Waals surface area (Å²) in [5.41, 5.74) is 0.956. The molecule has 2 aromatic carbocycles. The minimum Gasteiger partial charge on any atom is -0.357 e. The molecule has 0 aliphatic carbocycles. The standard InChI is InChI=1S/C23H28Cl3N3O4S/c1-4-20(23(31)27-2)28(15-16-8-5-6-9-18(16)25)22(30)10-7-13-29(34(3,32)33)21-14-17(24)11-12-19(21)26/h5-6,8-9,11-12,14,20H,4,7,10,13,15H2,1-3H3,(H,27,31)/t20-/m1/s1. The number of nitrogens with one attached hydrogen (secondary N) is 1. The Morgan fingerprint density at radius 2 is 1.74 bits per heavy atom. The third kappa shape index (κ3) is 7.50. The number of hydrogen-bond donors (Lipinski definition) is 1. The number of benzene rings is 2. The summed E-state index contributed by atoms with van der Waals surface area (Å²) in [5.74, 6) is -0.576. The average Bonchev–Trinajstić information content (AvgIpc) is 2.78. The lowest BCUT2D eigenvalue weighted by Crippen LogP contribution is -2.48. The van der Waals surface area contributed by atoms with Crippen molar-refractivity contribution in [3.63, 3.8) is 0 Å². The molecule has 0 aromatic heterocycles. The predicted octanol–water partition coefficient (Wildman–Crippen LogP) is 4.75. The lowest BCUT2D eigenvalue weighted by atomic mass is 10.1. The van der Waals surface area contributed by atoms with Gasteiger partial charge in [-0.25, -0.2) is 8.42 Å². The number of sulfonamides is 1. The average molecular weight is 549 g/mol. The Hall–Kier alpha value is -2.00. The molecule has 0 bridgehead atoms. The highest BCUT2D eigenvalue weighted by molar-refractivity contribution is 7.92. The van der Waals surface area contributed by atoms with Gasteiger partial charge < -0.3 is 10.2 Å². The van der Waals surface area contributed by atoms with Crippen LogP contribution in [-0.4, -0.2) is 51.0 Å². The highest BCUT2D eigenvalue weighted by atomic mass is 35.5. The van der Waals surface area contributed by atoms with E-state index in [1.54, 1.807) is 24.3 Å². The van der Waals surface area contributed by atoms with Crippen LogP contribution in [0.4, 0.5) is 5.69 Å². The van der Waals surface area contributed by atoms with Gasteiger partial charge in [-0.15, -0.1) is 0 Å². The molecule has 1 N–H and O–H groups in total. The van der Waals surface area contributed by atoms with E-state index in [0.29, 0.717) is 22.0 Å². The second-order valence-corrected chi connectivity index (χ2v) is 10.8. The van der Waals surface area contributed by atoms with E-state index in [4.69, 9.17) is 34.8 Å². The molecule has 0 aliphatic heterocycles. The van der Waals surface area contributed by atoms with Crippen molar-refractivity contribution in [2.24, 2.45) is 0 Å². The number of carbonyl (C=O) groups is 2. The predicted molar refractivity (Wildman–Crippen MR) is 138 cm³/mol. The fourth-order valence-electron chi connectivity index (χ4n) is 3.56. The van der Waals surface area contributed by atoms with Crippen molar-refractivity contribution < 1.29 is 18.0 Å². The Morgan fingerprint density at radius 1 is 1.06 bits per heavy atom. The summed E-state index contributed by atoms with van der Waals surface area (Å²) in [6.07, 6.45) is 1.69. The highest BCUT2D eigenvalue weighted by Gasteiger charge is 2.29. The molecule has 11 heteroatoms. The van der Waals surface area contributed by atoms with Gasteiger partial charge in [0.05, 0.1) is 17.0 Å². The number of amides is 2. The SMILES string of the molecule is CC[C@H](C(=O)NC)N(Cc1ccccc1Cl)C(=O)CCCN(c1cc(Cl)ccc1Cl)S(C)(=O)=O. The van der Waals surface area contributed by atoms with Crippen molar-refractivity contribution in [3.8, 4) is 0 Å². The lowest BCUT2D eigenvalue weighted by molar-refractivity contribution is -0.141. The molecule has 0 fully saturated rings. The fraction of sp³-hybridized carbons (Fsp3) is 0.391. The van der Waals surface area contributed by atoms with Gasteiger partial charge in [-0.3, -0.25) is 13.9 Å². The van der Waals surface area contributed by atoms with Gasteiger partial charge in [0.15, 0.2) is 0 Å². The molecule has 1 atom stereocenters. The summed E-state index contributed by atoms with van der Waals surface area (Å²) in [6, 6.07) is 11.0. The number of rotatable bonds is 11. The third-order valence-corrected chi connectivity index (χ3v) is 7.36. The van der Waals surface area contributed by atoms with Crippen LogP contribution >= 0.6 is 34.8 Å². The normalized spacial score (nSPS) is 12.2. The van der Waals surface area contributed by atoms with Crippen LogP contribution < -0.4 is 9.62 Å². The molecule has 0 saturated heterocycles.